The fourth-order valence-corrected chi connectivity index (χ4v) is 5.09. The van der Waals surface area contributed by atoms with Crippen molar-refractivity contribution in [2.75, 3.05) is 6.54 Å². The third kappa shape index (κ3) is 6.41. The topological polar surface area (TPSA) is 92.3 Å². The lowest BCUT2D eigenvalue weighted by Crippen LogP contribution is -2.44. The van der Waals surface area contributed by atoms with Crippen LogP contribution in [0.5, 0.6) is 0 Å². The number of nitrogens with one attached hydrogen (secondary N) is 2. The van der Waals surface area contributed by atoms with Crippen molar-refractivity contribution in [1.82, 2.24) is 9.44 Å². The fraction of sp³-hybridized carbons (Fsp3) is 0.400. The van der Waals surface area contributed by atoms with E-state index < -0.39 is 26.1 Å². The van der Waals surface area contributed by atoms with Gasteiger partial charge in [-0.2, -0.15) is 0 Å². The molecule has 1 unspecified atom stereocenters. The van der Waals surface area contributed by atoms with Gasteiger partial charge in [-0.25, -0.2) is 26.3 Å². The highest BCUT2D eigenvalue weighted by atomic mass is 32.2. The quantitative estimate of drug-likeness (QED) is 0.647. The van der Waals surface area contributed by atoms with E-state index in [2.05, 4.69) is 9.44 Å². The highest BCUT2D eigenvalue weighted by Crippen LogP contribution is 2.14. The van der Waals surface area contributed by atoms with Crippen LogP contribution in [0.25, 0.3) is 0 Å². The second kappa shape index (κ2) is 9.17. The van der Waals surface area contributed by atoms with E-state index in [-0.39, 0.29) is 22.3 Å². The van der Waals surface area contributed by atoms with Crippen LogP contribution in [0.4, 0.5) is 0 Å². The van der Waals surface area contributed by atoms with E-state index in [4.69, 9.17) is 0 Å². The lowest BCUT2D eigenvalue weighted by Gasteiger charge is -2.21. The second-order valence-corrected chi connectivity index (χ2v) is 10.9. The number of aryl methyl sites for hydroxylation is 2. The molecule has 0 fully saturated rings. The monoisotopic (exact) mass is 424 g/mol. The molecule has 2 aromatic carbocycles. The Morgan fingerprint density at radius 3 is 1.61 bits per heavy atom. The molecule has 0 aliphatic rings. The lowest BCUT2D eigenvalue weighted by molar-refractivity contribution is 0.453. The second-order valence-electron chi connectivity index (χ2n) is 7.43. The molecule has 0 heterocycles. The summed E-state index contributed by atoms with van der Waals surface area (Å²) >= 11 is 0. The zero-order valence-electron chi connectivity index (χ0n) is 16.6. The van der Waals surface area contributed by atoms with Gasteiger partial charge in [-0.3, -0.25) is 0 Å². The van der Waals surface area contributed by atoms with Gasteiger partial charge in [0.1, 0.15) is 0 Å². The summed E-state index contributed by atoms with van der Waals surface area (Å²) in [5.41, 5.74) is 1.92. The van der Waals surface area contributed by atoms with Crippen LogP contribution >= 0.6 is 0 Å². The molecule has 154 valence electrons. The van der Waals surface area contributed by atoms with Gasteiger partial charge in [-0.15, -0.1) is 0 Å². The van der Waals surface area contributed by atoms with Crippen LogP contribution in [-0.4, -0.2) is 29.4 Å². The molecule has 0 aromatic heterocycles. The molecule has 0 spiro atoms. The molecule has 0 bridgehead atoms. The molecule has 2 N–H and O–H groups in total. The molecule has 0 aliphatic carbocycles. The van der Waals surface area contributed by atoms with Crippen molar-refractivity contribution in [3.63, 3.8) is 0 Å². The Hall–Kier alpha value is -1.74. The van der Waals surface area contributed by atoms with Crippen molar-refractivity contribution in [2.45, 2.75) is 49.9 Å². The zero-order chi connectivity index (χ0) is 20.9. The molecule has 0 saturated carbocycles. The first-order valence-corrected chi connectivity index (χ1v) is 12.1. The van der Waals surface area contributed by atoms with Crippen molar-refractivity contribution in [1.29, 1.82) is 0 Å². The SMILES string of the molecule is Cc1ccc(S(=O)(=O)NCC(CC(C)C)NS(=O)(=O)c2ccc(C)cc2)cc1. The Kier molecular flexibility index (Phi) is 7.39. The summed E-state index contributed by atoms with van der Waals surface area (Å²) in [6.07, 6.45) is 0.501. The number of benzene rings is 2. The van der Waals surface area contributed by atoms with Gasteiger partial charge >= 0.3 is 0 Å². The third-order valence-corrected chi connectivity index (χ3v) is 7.24. The molecule has 1 atom stereocenters. The molecule has 0 amide bonds. The standard InChI is InChI=1S/C20H28N2O4S2/c1-15(2)13-18(22-28(25,26)20-11-7-17(4)8-12-20)14-21-27(23,24)19-9-5-16(3)6-10-19/h5-12,15,18,21-22H,13-14H2,1-4H3. The normalized spacial score (nSPS) is 13.6. The van der Waals surface area contributed by atoms with Gasteiger partial charge < -0.3 is 0 Å². The van der Waals surface area contributed by atoms with Crippen molar-refractivity contribution >= 4 is 20.0 Å². The molecule has 2 aromatic rings. The van der Waals surface area contributed by atoms with E-state index in [0.29, 0.717) is 6.42 Å². The van der Waals surface area contributed by atoms with Crippen molar-refractivity contribution in [3.05, 3.63) is 59.7 Å². The average molecular weight is 425 g/mol. The summed E-state index contributed by atoms with van der Waals surface area (Å²) in [6.45, 7) is 7.65. The van der Waals surface area contributed by atoms with Crippen LogP contribution in [0.3, 0.4) is 0 Å². The van der Waals surface area contributed by atoms with Gasteiger partial charge in [-0.1, -0.05) is 49.2 Å². The van der Waals surface area contributed by atoms with Gasteiger partial charge in [-0.05, 0) is 50.5 Å². The van der Waals surface area contributed by atoms with E-state index in [1.807, 2.05) is 27.7 Å². The van der Waals surface area contributed by atoms with Crippen LogP contribution in [0.15, 0.2) is 58.3 Å². The Morgan fingerprint density at radius 2 is 1.18 bits per heavy atom. The predicted molar refractivity (Wildman–Crippen MR) is 111 cm³/mol. The molecule has 0 aliphatic heterocycles. The molecular weight excluding hydrogens is 396 g/mol. The smallest absolute Gasteiger partial charge is 0.210 e. The van der Waals surface area contributed by atoms with Crippen molar-refractivity contribution in [2.24, 2.45) is 5.92 Å². The predicted octanol–water partition coefficient (Wildman–Crippen LogP) is 2.97. The van der Waals surface area contributed by atoms with E-state index in [1.165, 1.54) is 12.1 Å². The first-order chi connectivity index (χ1) is 13.0. The summed E-state index contributed by atoms with van der Waals surface area (Å²) < 4.78 is 55.6. The highest BCUT2D eigenvalue weighted by molar-refractivity contribution is 7.90. The summed E-state index contributed by atoms with van der Waals surface area (Å²) in [4.78, 5) is 0.316. The van der Waals surface area contributed by atoms with E-state index >= 15 is 0 Å². The molecule has 28 heavy (non-hydrogen) atoms. The number of sulfonamides is 2. The third-order valence-electron chi connectivity index (χ3n) is 4.26. The maximum atomic E-state index is 12.7. The summed E-state index contributed by atoms with van der Waals surface area (Å²) in [5, 5.41) is 0. The number of hydrogen-bond donors (Lipinski definition) is 2. The van der Waals surface area contributed by atoms with Gasteiger partial charge in [0, 0.05) is 12.6 Å². The maximum absolute atomic E-state index is 12.7. The van der Waals surface area contributed by atoms with E-state index in [0.717, 1.165) is 11.1 Å². The van der Waals surface area contributed by atoms with E-state index in [1.54, 1.807) is 36.4 Å². The average Bonchev–Trinajstić information content (AvgIpc) is 2.60. The molecule has 0 radical (unpaired) electrons. The van der Waals surface area contributed by atoms with Gasteiger partial charge in [0.25, 0.3) is 0 Å². The van der Waals surface area contributed by atoms with Crippen molar-refractivity contribution < 1.29 is 16.8 Å². The van der Waals surface area contributed by atoms with Crippen LogP contribution < -0.4 is 9.44 Å². The van der Waals surface area contributed by atoms with E-state index in [9.17, 15) is 16.8 Å². The first kappa shape index (κ1) is 22.5. The minimum atomic E-state index is -3.74. The van der Waals surface area contributed by atoms with Gasteiger partial charge in [0.05, 0.1) is 9.79 Å². The Bertz CT molecular complexity index is 982. The summed E-state index contributed by atoms with van der Waals surface area (Å²) in [6, 6.07) is 12.5. The zero-order valence-corrected chi connectivity index (χ0v) is 18.3. The Labute approximate surface area is 168 Å². The molecule has 8 heteroatoms. The lowest BCUT2D eigenvalue weighted by atomic mass is 10.1. The van der Waals surface area contributed by atoms with Gasteiger partial charge in [0.2, 0.25) is 20.0 Å². The van der Waals surface area contributed by atoms with Crippen LogP contribution in [0, 0.1) is 19.8 Å². The fourth-order valence-electron chi connectivity index (χ4n) is 2.76. The number of rotatable bonds is 9. The Balaban J connectivity index is 2.15. The van der Waals surface area contributed by atoms with Crippen LogP contribution in [-0.2, 0) is 20.0 Å². The highest BCUT2D eigenvalue weighted by Gasteiger charge is 2.23. The largest absolute Gasteiger partial charge is 0.240 e. The molecule has 0 saturated heterocycles. The Morgan fingerprint density at radius 1 is 0.750 bits per heavy atom. The molecule has 2 rings (SSSR count). The van der Waals surface area contributed by atoms with Gasteiger partial charge in [0.15, 0.2) is 0 Å². The molecular formula is C20H28N2O4S2. The summed E-state index contributed by atoms with van der Waals surface area (Å²) in [5.74, 6) is 0.189. The maximum Gasteiger partial charge on any atom is 0.240 e. The van der Waals surface area contributed by atoms with Crippen LogP contribution in [0.2, 0.25) is 0 Å². The van der Waals surface area contributed by atoms with Crippen LogP contribution in [0.1, 0.15) is 31.4 Å². The minimum Gasteiger partial charge on any atom is -0.210 e. The minimum absolute atomic E-state index is 0.0283. The molecule has 6 nitrogen and oxygen atoms in total. The van der Waals surface area contributed by atoms with Crippen molar-refractivity contribution in [3.8, 4) is 0 Å². The number of hydrogen-bond acceptors (Lipinski definition) is 4. The summed E-state index contributed by atoms with van der Waals surface area (Å²) in [7, 11) is -7.46. The first-order valence-electron chi connectivity index (χ1n) is 9.15.